The van der Waals surface area contributed by atoms with Crippen molar-refractivity contribution >= 4 is 10.0 Å². The van der Waals surface area contributed by atoms with Gasteiger partial charge in [-0.15, -0.1) is 6.42 Å². The third kappa shape index (κ3) is 9.77. The molecule has 0 amide bonds. The topological polar surface area (TPSA) is 46.2 Å². The zero-order valence-corrected chi connectivity index (χ0v) is 10.3. The number of hydrogen-bond donors (Lipinski definition) is 1. The Morgan fingerprint density at radius 1 is 1.13 bits per heavy atom. The summed E-state index contributed by atoms with van der Waals surface area (Å²) in [5.41, 5.74) is 0. The SMILES string of the molecule is C#CCNS(=O)(=O)CCCCCCCC. The molecule has 0 spiro atoms. The van der Waals surface area contributed by atoms with Crippen LogP contribution in [0.3, 0.4) is 0 Å². The number of rotatable bonds is 9. The van der Waals surface area contributed by atoms with Gasteiger partial charge in [0.25, 0.3) is 0 Å². The van der Waals surface area contributed by atoms with Crippen molar-refractivity contribution in [3.63, 3.8) is 0 Å². The van der Waals surface area contributed by atoms with Crippen LogP contribution < -0.4 is 4.72 Å². The second kappa shape index (κ2) is 8.75. The van der Waals surface area contributed by atoms with E-state index >= 15 is 0 Å². The maximum Gasteiger partial charge on any atom is 0.212 e. The van der Waals surface area contributed by atoms with E-state index in [9.17, 15) is 8.42 Å². The smallest absolute Gasteiger partial charge is 0.212 e. The summed E-state index contributed by atoms with van der Waals surface area (Å²) in [5, 5.41) is 0. The van der Waals surface area contributed by atoms with Crippen molar-refractivity contribution in [3.8, 4) is 12.3 Å². The van der Waals surface area contributed by atoms with Gasteiger partial charge in [0.2, 0.25) is 10.0 Å². The highest BCUT2D eigenvalue weighted by molar-refractivity contribution is 7.89. The highest BCUT2D eigenvalue weighted by Crippen LogP contribution is 2.05. The van der Waals surface area contributed by atoms with Gasteiger partial charge in [-0.1, -0.05) is 44.9 Å². The van der Waals surface area contributed by atoms with E-state index in [-0.39, 0.29) is 12.3 Å². The summed E-state index contributed by atoms with van der Waals surface area (Å²) in [6.45, 7) is 2.26. The molecular weight excluding hydrogens is 210 g/mol. The minimum absolute atomic E-state index is 0.0954. The van der Waals surface area contributed by atoms with Crippen LogP contribution in [-0.4, -0.2) is 20.7 Å². The summed E-state index contributed by atoms with van der Waals surface area (Å²) in [6.07, 6.45) is 11.5. The average Bonchev–Trinajstić information content (AvgIpc) is 2.20. The summed E-state index contributed by atoms with van der Waals surface area (Å²) in [5.74, 6) is 2.45. The van der Waals surface area contributed by atoms with Gasteiger partial charge >= 0.3 is 0 Å². The van der Waals surface area contributed by atoms with Crippen molar-refractivity contribution in [1.29, 1.82) is 0 Å². The summed E-state index contributed by atoms with van der Waals surface area (Å²) in [6, 6.07) is 0. The summed E-state index contributed by atoms with van der Waals surface area (Å²) in [7, 11) is -3.13. The van der Waals surface area contributed by atoms with E-state index in [4.69, 9.17) is 6.42 Å². The van der Waals surface area contributed by atoms with Crippen molar-refractivity contribution in [2.24, 2.45) is 0 Å². The van der Waals surface area contributed by atoms with Crippen LogP contribution in [0.15, 0.2) is 0 Å². The van der Waals surface area contributed by atoms with E-state index in [1.807, 2.05) is 0 Å². The Kier molecular flexibility index (Phi) is 8.44. The maximum atomic E-state index is 11.3. The minimum atomic E-state index is -3.13. The molecule has 0 aromatic heterocycles. The highest BCUT2D eigenvalue weighted by atomic mass is 32.2. The Labute approximate surface area is 93.7 Å². The van der Waals surface area contributed by atoms with Gasteiger partial charge < -0.3 is 0 Å². The van der Waals surface area contributed by atoms with Crippen LogP contribution >= 0.6 is 0 Å². The number of hydrogen-bond acceptors (Lipinski definition) is 2. The van der Waals surface area contributed by atoms with Crippen LogP contribution in [0, 0.1) is 12.3 Å². The summed E-state index contributed by atoms with van der Waals surface area (Å²) in [4.78, 5) is 0. The lowest BCUT2D eigenvalue weighted by Gasteiger charge is -2.03. The monoisotopic (exact) mass is 231 g/mol. The molecule has 4 heteroatoms. The van der Waals surface area contributed by atoms with Crippen molar-refractivity contribution in [3.05, 3.63) is 0 Å². The van der Waals surface area contributed by atoms with Crippen LogP contribution in [0.1, 0.15) is 45.4 Å². The molecule has 0 fully saturated rings. The molecule has 0 radical (unpaired) electrons. The molecule has 0 saturated heterocycles. The minimum Gasteiger partial charge on any atom is -0.212 e. The Bertz CT molecular complexity index is 277. The molecule has 3 nitrogen and oxygen atoms in total. The second-order valence-electron chi connectivity index (χ2n) is 3.61. The number of unbranched alkanes of at least 4 members (excludes halogenated alkanes) is 5. The first-order chi connectivity index (χ1) is 7.12. The first-order valence-electron chi connectivity index (χ1n) is 5.53. The van der Waals surface area contributed by atoms with E-state index in [0.29, 0.717) is 0 Å². The fourth-order valence-electron chi connectivity index (χ4n) is 1.30. The molecule has 0 aromatic rings. The van der Waals surface area contributed by atoms with Crippen LogP contribution in [-0.2, 0) is 10.0 Å². The molecule has 0 heterocycles. The zero-order chi connectivity index (χ0) is 11.6. The lowest BCUT2D eigenvalue weighted by Crippen LogP contribution is -2.26. The third-order valence-corrected chi connectivity index (χ3v) is 3.57. The first-order valence-corrected chi connectivity index (χ1v) is 7.18. The van der Waals surface area contributed by atoms with Crippen LogP contribution in [0.4, 0.5) is 0 Å². The molecule has 0 bridgehead atoms. The van der Waals surface area contributed by atoms with E-state index in [0.717, 1.165) is 19.3 Å². The number of terminal acetylenes is 1. The largest absolute Gasteiger partial charge is 0.212 e. The van der Waals surface area contributed by atoms with Crippen LogP contribution in [0.5, 0.6) is 0 Å². The maximum absolute atomic E-state index is 11.3. The van der Waals surface area contributed by atoms with Gasteiger partial charge in [-0.25, -0.2) is 13.1 Å². The Morgan fingerprint density at radius 3 is 2.33 bits per heavy atom. The molecule has 0 atom stereocenters. The molecular formula is C11H21NO2S. The first kappa shape index (κ1) is 14.5. The fraction of sp³-hybridized carbons (Fsp3) is 0.818. The van der Waals surface area contributed by atoms with E-state index < -0.39 is 10.0 Å². The average molecular weight is 231 g/mol. The molecule has 0 aliphatic heterocycles. The molecule has 88 valence electrons. The van der Waals surface area contributed by atoms with Crippen molar-refractivity contribution in [1.82, 2.24) is 4.72 Å². The van der Waals surface area contributed by atoms with E-state index in [1.54, 1.807) is 0 Å². The van der Waals surface area contributed by atoms with Crippen molar-refractivity contribution in [2.45, 2.75) is 45.4 Å². The molecule has 0 aromatic carbocycles. The molecule has 15 heavy (non-hydrogen) atoms. The molecule has 0 saturated carbocycles. The fourth-order valence-corrected chi connectivity index (χ4v) is 2.33. The molecule has 0 aliphatic carbocycles. The van der Waals surface area contributed by atoms with Crippen molar-refractivity contribution in [2.75, 3.05) is 12.3 Å². The lowest BCUT2D eigenvalue weighted by molar-refractivity contribution is 0.575. The predicted molar refractivity (Wildman–Crippen MR) is 64.0 cm³/mol. The quantitative estimate of drug-likeness (QED) is 0.486. The summed E-state index contributed by atoms with van der Waals surface area (Å²) >= 11 is 0. The third-order valence-electron chi connectivity index (χ3n) is 2.16. The van der Waals surface area contributed by atoms with E-state index in [2.05, 4.69) is 17.6 Å². The van der Waals surface area contributed by atoms with Gasteiger partial charge in [-0.05, 0) is 6.42 Å². The molecule has 0 aliphatic rings. The number of nitrogens with one attached hydrogen (secondary N) is 1. The lowest BCUT2D eigenvalue weighted by atomic mass is 10.1. The van der Waals surface area contributed by atoms with Gasteiger partial charge in [-0.2, -0.15) is 0 Å². The Morgan fingerprint density at radius 2 is 1.73 bits per heavy atom. The second-order valence-corrected chi connectivity index (χ2v) is 5.54. The Hall–Kier alpha value is -0.530. The van der Waals surface area contributed by atoms with Crippen molar-refractivity contribution < 1.29 is 8.42 Å². The van der Waals surface area contributed by atoms with Gasteiger partial charge in [0.05, 0.1) is 12.3 Å². The number of sulfonamides is 1. The van der Waals surface area contributed by atoms with Crippen LogP contribution in [0.25, 0.3) is 0 Å². The molecule has 1 N–H and O–H groups in total. The van der Waals surface area contributed by atoms with E-state index in [1.165, 1.54) is 19.3 Å². The van der Waals surface area contributed by atoms with Gasteiger partial charge in [0, 0.05) is 0 Å². The van der Waals surface area contributed by atoms with Gasteiger partial charge in [-0.3, -0.25) is 0 Å². The predicted octanol–water partition coefficient (Wildman–Crippen LogP) is 1.90. The van der Waals surface area contributed by atoms with Gasteiger partial charge in [0.1, 0.15) is 0 Å². The normalized spacial score (nSPS) is 11.2. The Balaban J connectivity index is 3.46. The molecule has 0 unspecified atom stereocenters. The highest BCUT2D eigenvalue weighted by Gasteiger charge is 2.07. The molecule has 0 rings (SSSR count). The van der Waals surface area contributed by atoms with Gasteiger partial charge in [0.15, 0.2) is 0 Å². The van der Waals surface area contributed by atoms with Crippen LogP contribution in [0.2, 0.25) is 0 Å². The zero-order valence-electron chi connectivity index (χ0n) is 9.46. The summed E-state index contributed by atoms with van der Waals surface area (Å²) < 4.78 is 24.9. The standard InChI is InChI=1S/C11H21NO2S/c1-3-5-6-7-8-9-11-15(13,14)12-10-4-2/h2,12H,3,5-11H2,1H3.